The minimum absolute atomic E-state index is 0.155. The number of alkyl halides is 2. The standard InChI is InChI=1S/C13H9Cl2F2N3O4S/c14-8-4-6(3-7(11(8)15)12(21)22)19-25(23,24)10-1-2-20(18-10)9-5-13(9,16)17/h1-4,9,19H,5H2,(H,21,22). The summed E-state index contributed by atoms with van der Waals surface area (Å²) in [6.07, 6.45) is 0.730. The van der Waals surface area contributed by atoms with E-state index in [4.69, 9.17) is 28.3 Å². The molecule has 0 spiro atoms. The number of rotatable bonds is 5. The van der Waals surface area contributed by atoms with Crippen LogP contribution in [0.2, 0.25) is 10.0 Å². The Morgan fingerprint density at radius 1 is 1.40 bits per heavy atom. The number of aromatic carboxylic acids is 1. The summed E-state index contributed by atoms with van der Waals surface area (Å²) in [5, 5.41) is 11.8. The Kier molecular flexibility index (Phi) is 4.17. The molecular formula is C13H9Cl2F2N3O4S. The lowest BCUT2D eigenvalue weighted by atomic mass is 10.2. The quantitative estimate of drug-likeness (QED) is 0.785. The van der Waals surface area contributed by atoms with Gasteiger partial charge < -0.3 is 5.11 Å². The second kappa shape index (κ2) is 5.82. The summed E-state index contributed by atoms with van der Waals surface area (Å²) in [5.41, 5.74) is -0.548. The first-order valence-electron chi connectivity index (χ1n) is 6.69. The van der Waals surface area contributed by atoms with Crippen LogP contribution in [0.4, 0.5) is 14.5 Å². The van der Waals surface area contributed by atoms with Crippen LogP contribution in [-0.2, 0) is 10.0 Å². The SMILES string of the molecule is O=C(O)c1cc(NS(=O)(=O)c2ccn(C3CC3(F)F)n2)cc(Cl)c1Cl. The van der Waals surface area contributed by atoms with Gasteiger partial charge in [-0.3, -0.25) is 9.40 Å². The highest BCUT2D eigenvalue weighted by Gasteiger charge is 2.59. The first-order chi connectivity index (χ1) is 11.5. The van der Waals surface area contributed by atoms with E-state index in [1.807, 2.05) is 0 Å². The molecule has 0 saturated heterocycles. The molecule has 0 bridgehead atoms. The van der Waals surface area contributed by atoms with Crippen LogP contribution in [-0.4, -0.2) is 35.2 Å². The maximum absolute atomic E-state index is 13.0. The van der Waals surface area contributed by atoms with Crippen LogP contribution in [0.1, 0.15) is 22.8 Å². The molecule has 0 aliphatic heterocycles. The highest BCUT2D eigenvalue weighted by atomic mass is 35.5. The number of hydrogen-bond donors (Lipinski definition) is 2. The molecule has 1 aliphatic rings. The molecule has 134 valence electrons. The lowest BCUT2D eigenvalue weighted by Gasteiger charge is -2.09. The van der Waals surface area contributed by atoms with E-state index in [2.05, 4.69) is 9.82 Å². The molecule has 1 atom stereocenters. The van der Waals surface area contributed by atoms with Gasteiger partial charge in [0.15, 0.2) is 5.03 Å². The summed E-state index contributed by atoms with van der Waals surface area (Å²) >= 11 is 11.5. The summed E-state index contributed by atoms with van der Waals surface area (Å²) in [6, 6.07) is 2.01. The van der Waals surface area contributed by atoms with Gasteiger partial charge in [-0.05, 0) is 18.2 Å². The Morgan fingerprint density at radius 2 is 2.04 bits per heavy atom. The van der Waals surface area contributed by atoms with Gasteiger partial charge in [0.25, 0.3) is 15.9 Å². The van der Waals surface area contributed by atoms with Gasteiger partial charge in [-0.2, -0.15) is 13.5 Å². The fraction of sp³-hybridized carbons (Fsp3) is 0.231. The van der Waals surface area contributed by atoms with E-state index in [9.17, 15) is 22.0 Å². The van der Waals surface area contributed by atoms with E-state index in [-0.39, 0.29) is 15.7 Å². The van der Waals surface area contributed by atoms with E-state index in [0.29, 0.717) is 0 Å². The molecule has 0 radical (unpaired) electrons. The van der Waals surface area contributed by atoms with Gasteiger partial charge >= 0.3 is 5.97 Å². The zero-order valence-electron chi connectivity index (χ0n) is 12.1. The summed E-state index contributed by atoms with van der Waals surface area (Å²) in [7, 11) is -4.23. The van der Waals surface area contributed by atoms with Crippen molar-refractivity contribution in [3.63, 3.8) is 0 Å². The van der Waals surface area contributed by atoms with Gasteiger partial charge in [0.1, 0.15) is 6.04 Å². The molecule has 1 aliphatic carbocycles. The molecule has 2 N–H and O–H groups in total. The van der Waals surface area contributed by atoms with Gasteiger partial charge in [0.2, 0.25) is 0 Å². The average Bonchev–Trinajstić information content (AvgIpc) is 2.93. The molecule has 1 saturated carbocycles. The Bertz CT molecular complexity index is 978. The lowest BCUT2D eigenvalue weighted by molar-refractivity contribution is 0.0697. The van der Waals surface area contributed by atoms with Gasteiger partial charge in [0.05, 0.1) is 21.3 Å². The van der Waals surface area contributed by atoms with Crippen LogP contribution < -0.4 is 4.72 Å². The molecule has 25 heavy (non-hydrogen) atoms. The Balaban J connectivity index is 1.89. The third-order valence-corrected chi connectivity index (χ3v) is 5.56. The smallest absolute Gasteiger partial charge is 0.337 e. The van der Waals surface area contributed by atoms with Crippen molar-refractivity contribution in [2.45, 2.75) is 23.4 Å². The van der Waals surface area contributed by atoms with Crippen LogP contribution in [0.3, 0.4) is 0 Å². The molecule has 2 aromatic rings. The Morgan fingerprint density at radius 3 is 2.60 bits per heavy atom. The van der Waals surface area contributed by atoms with E-state index in [1.165, 1.54) is 0 Å². The lowest BCUT2D eigenvalue weighted by Crippen LogP contribution is -2.15. The van der Waals surface area contributed by atoms with Crippen molar-refractivity contribution in [3.05, 3.63) is 40.0 Å². The molecule has 1 heterocycles. The highest BCUT2D eigenvalue weighted by molar-refractivity contribution is 7.92. The second-order valence-corrected chi connectivity index (χ2v) is 7.76. The van der Waals surface area contributed by atoms with Crippen molar-refractivity contribution in [2.75, 3.05) is 4.72 Å². The Labute approximate surface area is 150 Å². The predicted molar refractivity (Wildman–Crippen MR) is 85.1 cm³/mol. The second-order valence-electron chi connectivity index (χ2n) is 5.35. The Hall–Kier alpha value is -1.91. The van der Waals surface area contributed by atoms with Crippen molar-refractivity contribution in [1.82, 2.24) is 9.78 Å². The average molecular weight is 412 g/mol. The highest BCUT2D eigenvalue weighted by Crippen LogP contribution is 2.52. The number of sulfonamides is 1. The van der Waals surface area contributed by atoms with Crippen molar-refractivity contribution in [1.29, 1.82) is 0 Å². The monoisotopic (exact) mass is 411 g/mol. The van der Waals surface area contributed by atoms with E-state index in [0.717, 1.165) is 29.1 Å². The third-order valence-electron chi connectivity index (χ3n) is 3.48. The number of carboxylic acid groups (broad SMARTS) is 1. The molecule has 0 amide bonds. The van der Waals surface area contributed by atoms with Crippen molar-refractivity contribution < 1.29 is 27.1 Å². The van der Waals surface area contributed by atoms with Crippen LogP contribution >= 0.6 is 23.2 Å². The van der Waals surface area contributed by atoms with E-state index < -0.39 is 45.0 Å². The number of halogens is 4. The zero-order chi connectivity index (χ0) is 18.6. The fourth-order valence-electron chi connectivity index (χ4n) is 2.13. The van der Waals surface area contributed by atoms with Gasteiger partial charge in [0, 0.05) is 12.6 Å². The molecule has 1 aromatic carbocycles. The number of carbonyl (C=O) groups is 1. The number of anilines is 1. The number of hydrogen-bond acceptors (Lipinski definition) is 4. The molecule has 3 rings (SSSR count). The number of nitrogens with one attached hydrogen (secondary N) is 1. The minimum atomic E-state index is -4.23. The topological polar surface area (TPSA) is 101 Å². The van der Waals surface area contributed by atoms with Crippen molar-refractivity contribution in [3.8, 4) is 0 Å². The van der Waals surface area contributed by atoms with Gasteiger partial charge in [-0.15, -0.1) is 0 Å². The van der Waals surface area contributed by atoms with Gasteiger partial charge in [-0.1, -0.05) is 23.2 Å². The first kappa shape index (κ1) is 17.9. The molecular weight excluding hydrogens is 403 g/mol. The minimum Gasteiger partial charge on any atom is -0.478 e. The fourth-order valence-corrected chi connectivity index (χ4v) is 3.52. The molecule has 1 unspecified atom stereocenters. The van der Waals surface area contributed by atoms with Crippen molar-refractivity contribution >= 4 is 44.9 Å². The summed E-state index contributed by atoms with van der Waals surface area (Å²) in [5.74, 6) is -4.30. The third kappa shape index (κ3) is 3.42. The van der Waals surface area contributed by atoms with Crippen LogP contribution in [0.5, 0.6) is 0 Å². The predicted octanol–water partition coefficient (Wildman–Crippen LogP) is 3.27. The van der Waals surface area contributed by atoms with Crippen LogP contribution in [0, 0.1) is 0 Å². The molecule has 1 aromatic heterocycles. The maximum Gasteiger partial charge on any atom is 0.337 e. The largest absolute Gasteiger partial charge is 0.478 e. The number of aromatic nitrogens is 2. The van der Waals surface area contributed by atoms with Crippen LogP contribution in [0.25, 0.3) is 0 Å². The molecule has 1 fully saturated rings. The maximum atomic E-state index is 13.0. The number of benzene rings is 1. The zero-order valence-corrected chi connectivity index (χ0v) is 14.4. The molecule has 7 nitrogen and oxygen atoms in total. The normalized spacial score (nSPS) is 18.8. The van der Waals surface area contributed by atoms with Gasteiger partial charge in [-0.25, -0.2) is 13.6 Å². The number of carboxylic acids is 1. The van der Waals surface area contributed by atoms with Crippen molar-refractivity contribution in [2.24, 2.45) is 0 Å². The summed E-state index contributed by atoms with van der Waals surface area (Å²) in [6.45, 7) is 0. The summed E-state index contributed by atoms with van der Waals surface area (Å²) < 4.78 is 53.6. The number of nitrogens with zero attached hydrogens (tertiary/aromatic N) is 2. The first-order valence-corrected chi connectivity index (χ1v) is 8.93. The van der Waals surface area contributed by atoms with Crippen LogP contribution in [0.15, 0.2) is 29.4 Å². The van der Waals surface area contributed by atoms with E-state index in [1.54, 1.807) is 0 Å². The summed E-state index contributed by atoms with van der Waals surface area (Å²) in [4.78, 5) is 11.1. The molecule has 12 heteroatoms. The van der Waals surface area contributed by atoms with E-state index >= 15 is 0 Å².